The van der Waals surface area contributed by atoms with Crippen LogP contribution >= 0.6 is 23.2 Å². The molecule has 4 aliphatic rings. The lowest BCUT2D eigenvalue weighted by Crippen LogP contribution is -2.01. The van der Waals surface area contributed by atoms with Crippen molar-refractivity contribution in [1.82, 2.24) is 0 Å². The minimum Gasteiger partial charge on any atom is -0.0836 e. The normalized spacial score (nSPS) is 17.2. The van der Waals surface area contributed by atoms with Crippen molar-refractivity contribution >= 4 is 67.2 Å². The summed E-state index contributed by atoms with van der Waals surface area (Å²) in [6.07, 6.45) is 10.2. The van der Waals surface area contributed by atoms with Gasteiger partial charge in [0.25, 0.3) is 0 Å². The van der Waals surface area contributed by atoms with E-state index >= 15 is 0 Å². The third-order valence-electron chi connectivity index (χ3n) is 9.87. The first-order valence-corrected chi connectivity index (χ1v) is 14.9. The van der Waals surface area contributed by atoms with Crippen LogP contribution in [0, 0.1) is 0 Å². The van der Waals surface area contributed by atoms with Gasteiger partial charge in [0.2, 0.25) is 0 Å². The molecule has 0 saturated carbocycles. The zero-order valence-corrected chi connectivity index (χ0v) is 23.1. The van der Waals surface area contributed by atoms with E-state index in [1.807, 2.05) is 0 Å². The molecule has 2 heteroatoms. The number of hydrogen-bond donors (Lipinski definition) is 0. The molecule has 0 aliphatic heterocycles. The monoisotopic (exact) mass is 548 g/mol. The molecule has 6 aromatic carbocycles. The molecule has 1 unspecified atom stereocenters. The number of fused-ring (bicyclic) bond motifs is 11. The van der Waals surface area contributed by atoms with Gasteiger partial charge in [-0.15, -0.1) is 0 Å². The predicted molar refractivity (Wildman–Crippen MR) is 171 cm³/mol. The van der Waals surface area contributed by atoms with Crippen molar-refractivity contribution in [2.45, 2.75) is 25.2 Å². The second-order valence-electron chi connectivity index (χ2n) is 11.7. The van der Waals surface area contributed by atoms with Crippen LogP contribution in [0.1, 0.15) is 52.1 Å². The average molecular weight is 550 g/mol. The first kappa shape index (κ1) is 21.9. The van der Waals surface area contributed by atoms with Crippen LogP contribution in [-0.4, -0.2) is 0 Å². The Bertz CT molecular complexity index is 2260. The molecule has 0 heterocycles. The molecule has 0 spiro atoms. The highest BCUT2D eigenvalue weighted by Crippen LogP contribution is 2.55. The molecular formula is C38H22Cl2. The van der Waals surface area contributed by atoms with Crippen LogP contribution < -0.4 is 0 Å². The summed E-state index contributed by atoms with van der Waals surface area (Å²) in [5, 5.41) is 8.68. The Labute approximate surface area is 242 Å². The highest BCUT2D eigenvalue weighted by atomic mass is 35.5. The van der Waals surface area contributed by atoms with Crippen LogP contribution in [0.4, 0.5) is 0 Å². The van der Waals surface area contributed by atoms with Gasteiger partial charge in [-0.1, -0.05) is 90.0 Å². The van der Waals surface area contributed by atoms with E-state index in [0.29, 0.717) is 5.92 Å². The molecule has 10 rings (SSSR count). The van der Waals surface area contributed by atoms with Gasteiger partial charge in [-0.05, 0) is 121 Å². The van der Waals surface area contributed by atoms with E-state index < -0.39 is 0 Å². The van der Waals surface area contributed by atoms with Gasteiger partial charge in [0.15, 0.2) is 0 Å². The van der Waals surface area contributed by atoms with Crippen LogP contribution in [0.15, 0.2) is 84.9 Å². The summed E-state index contributed by atoms with van der Waals surface area (Å²) < 4.78 is 0. The van der Waals surface area contributed by atoms with Gasteiger partial charge in [-0.25, -0.2) is 0 Å². The van der Waals surface area contributed by atoms with Gasteiger partial charge < -0.3 is 0 Å². The van der Waals surface area contributed by atoms with E-state index in [9.17, 15) is 0 Å². The highest BCUT2D eigenvalue weighted by Gasteiger charge is 2.33. The van der Waals surface area contributed by atoms with E-state index in [1.165, 1.54) is 82.8 Å². The standard InChI is InChI=1S/C38H22Cl2/c39-34-18-31-21(27-15-28-22-9-1-5-19-6-2-10-23(35(19)22)29(28)16-32(27)34)13-14-25-30(31)17-33-24-11-3-7-20-8-4-12-26(36(20)24)37(33)38(25)40/h1-3,5-7,10-18,22H,4,8-9H2. The van der Waals surface area contributed by atoms with Crippen molar-refractivity contribution in [3.05, 3.63) is 128 Å². The van der Waals surface area contributed by atoms with Gasteiger partial charge in [-0.2, -0.15) is 0 Å². The Morgan fingerprint density at radius 2 is 1.45 bits per heavy atom. The zero-order valence-electron chi connectivity index (χ0n) is 21.6. The lowest BCUT2D eigenvalue weighted by molar-refractivity contribution is 0.845. The summed E-state index contributed by atoms with van der Waals surface area (Å²) >= 11 is 14.4. The molecule has 4 aliphatic carbocycles. The second-order valence-corrected chi connectivity index (χ2v) is 12.5. The van der Waals surface area contributed by atoms with Gasteiger partial charge in [0, 0.05) is 27.3 Å². The quantitative estimate of drug-likeness (QED) is 0.165. The molecule has 6 aromatic rings. The fourth-order valence-electron chi connectivity index (χ4n) is 8.22. The van der Waals surface area contributed by atoms with Crippen molar-refractivity contribution in [1.29, 1.82) is 0 Å². The van der Waals surface area contributed by atoms with E-state index in [-0.39, 0.29) is 0 Å². The first-order chi connectivity index (χ1) is 19.7. The lowest BCUT2D eigenvalue weighted by Gasteiger charge is -2.18. The predicted octanol–water partition coefficient (Wildman–Crippen LogP) is 11.3. The summed E-state index contributed by atoms with van der Waals surface area (Å²) in [5.41, 5.74) is 14.8. The summed E-state index contributed by atoms with van der Waals surface area (Å²) in [4.78, 5) is 0. The molecule has 1 atom stereocenters. The molecule has 0 bridgehead atoms. The molecule has 0 nitrogen and oxygen atoms in total. The number of benzene rings is 6. The Morgan fingerprint density at radius 3 is 2.40 bits per heavy atom. The van der Waals surface area contributed by atoms with Gasteiger partial charge in [0.1, 0.15) is 0 Å². The summed E-state index contributed by atoms with van der Waals surface area (Å²) in [5.74, 6) is 0.410. The van der Waals surface area contributed by atoms with Crippen LogP contribution in [-0.2, 0) is 6.42 Å². The van der Waals surface area contributed by atoms with Crippen LogP contribution in [0.25, 0.3) is 66.2 Å². The summed E-state index contributed by atoms with van der Waals surface area (Å²) in [6, 6.07) is 27.2. The number of allylic oxidation sites excluding steroid dienone is 2. The Hall–Kier alpha value is -3.84. The highest BCUT2D eigenvalue weighted by molar-refractivity contribution is 6.42. The Balaban J connectivity index is 1.29. The summed E-state index contributed by atoms with van der Waals surface area (Å²) in [7, 11) is 0. The van der Waals surface area contributed by atoms with Crippen LogP contribution in [0.5, 0.6) is 0 Å². The van der Waals surface area contributed by atoms with Gasteiger partial charge in [-0.3, -0.25) is 0 Å². The van der Waals surface area contributed by atoms with Crippen molar-refractivity contribution < 1.29 is 0 Å². The van der Waals surface area contributed by atoms with E-state index in [0.717, 1.165) is 40.1 Å². The minimum atomic E-state index is 0.410. The molecule has 0 fully saturated rings. The van der Waals surface area contributed by atoms with Crippen molar-refractivity contribution in [3.63, 3.8) is 0 Å². The molecule has 0 amide bonds. The number of aryl methyl sites for hydroxylation is 1. The largest absolute Gasteiger partial charge is 0.0836 e. The molecule has 0 radical (unpaired) electrons. The number of halogens is 2. The average Bonchev–Trinajstić information content (AvgIpc) is 3.48. The zero-order chi connectivity index (χ0) is 26.3. The Morgan fingerprint density at radius 1 is 0.650 bits per heavy atom. The maximum atomic E-state index is 7.29. The molecule has 0 aromatic heterocycles. The van der Waals surface area contributed by atoms with Crippen molar-refractivity contribution in [2.75, 3.05) is 0 Å². The number of hydrogen-bond acceptors (Lipinski definition) is 0. The molecule has 0 N–H and O–H groups in total. The third kappa shape index (κ3) is 2.56. The van der Waals surface area contributed by atoms with Gasteiger partial charge in [0.05, 0.1) is 5.02 Å². The molecule has 40 heavy (non-hydrogen) atoms. The van der Waals surface area contributed by atoms with E-state index in [2.05, 4.69) is 91.0 Å². The van der Waals surface area contributed by atoms with Gasteiger partial charge >= 0.3 is 0 Å². The maximum Gasteiger partial charge on any atom is 0.0569 e. The second kappa shape index (κ2) is 7.46. The number of rotatable bonds is 0. The molecular weight excluding hydrogens is 527 g/mol. The van der Waals surface area contributed by atoms with Crippen LogP contribution in [0.2, 0.25) is 10.0 Å². The Kier molecular flexibility index (Phi) is 4.09. The van der Waals surface area contributed by atoms with E-state index in [4.69, 9.17) is 23.2 Å². The lowest BCUT2D eigenvalue weighted by atomic mass is 9.85. The fraction of sp³-hybridized carbons (Fsp3) is 0.105. The maximum absolute atomic E-state index is 7.29. The third-order valence-corrected chi connectivity index (χ3v) is 10.6. The van der Waals surface area contributed by atoms with Crippen molar-refractivity contribution in [2.24, 2.45) is 0 Å². The minimum absolute atomic E-state index is 0.410. The van der Waals surface area contributed by atoms with Crippen molar-refractivity contribution in [3.8, 4) is 22.3 Å². The first-order valence-electron chi connectivity index (χ1n) is 14.2. The molecule has 188 valence electrons. The van der Waals surface area contributed by atoms with Crippen LogP contribution in [0.3, 0.4) is 0 Å². The summed E-state index contributed by atoms with van der Waals surface area (Å²) in [6.45, 7) is 0. The van der Waals surface area contributed by atoms with E-state index in [1.54, 1.807) is 0 Å². The smallest absolute Gasteiger partial charge is 0.0569 e. The fourth-order valence-corrected chi connectivity index (χ4v) is 8.85. The molecule has 0 saturated heterocycles. The SMILES string of the molecule is Clc1cc2c3cc4c(c(Cl)c3ccc2c2cc3c(cc12)-c1cccc2c1C3CC=C2)C1=CCCc2cccc-4c21. The topological polar surface area (TPSA) is 0 Å².